The number of anilines is 1. The van der Waals surface area contributed by atoms with E-state index < -0.39 is 0 Å². The Kier molecular flexibility index (Phi) is 4.38. The molecule has 1 heterocycles. The van der Waals surface area contributed by atoms with Crippen molar-refractivity contribution in [2.24, 2.45) is 5.10 Å². The van der Waals surface area contributed by atoms with Crippen LogP contribution in [0.1, 0.15) is 16.1 Å². The van der Waals surface area contributed by atoms with Crippen LogP contribution in [0.4, 0.5) is 5.13 Å². The summed E-state index contributed by atoms with van der Waals surface area (Å²) in [7, 11) is 0. The topological polar surface area (TPSA) is 37.3 Å². The molecular weight excluding hydrogens is 262 g/mol. The van der Waals surface area contributed by atoms with Gasteiger partial charge in [0.1, 0.15) is 0 Å². The van der Waals surface area contributed by atoms with Gasteiger partial charge >= 0.3 is 0 Å². The molecule has 5 heteroatoms. The quantitative estimate of drug-likeness (QED) is 0.523. The number of nitrogens with zero attached hydrogens (tertiary/aromatic N) is 2. The Labute approximate surface area is 115 Å². The first-order valence-electron chi connectivity index (χ1n) is 5.56. The van der Waals surface area contributed by atoms with Gasteiger partial charge in [-0.25, -0.2) is 4.98 Å². The second-order valence-corrected chi connectivity index (χ2v) is 5.89. The average Bonchev–Trinajstić information content (AvgIpc) is 2.69. The van der Waals surface area contributed by atoms with Gasteiger partial charge in [-0.05, 0) is 37.8 Å². The Morgan fingerprint density at radius 3 is 2.56 bits per heavy atom. The third-order valence-electron chi connectivity index (χ3n) is 2.52. The molecule has 1 aromatic carbocycles. The zero-order chi connectivity index (χ0) is 13.0. The lowest BCUT2D eigenvalue weighted by atomic mass is 10.2. The second kappa shape index (κ2) is 6.02. The molecule has 0 saturated carbocycles. The van der Waals surface area contributed by atoms with Crippen LogP contribution in [-0.4, -0.2) is 17.5 Å². The van der Waals surface area contributed by atoms with Gasteiger partial charge < -0.3 is 0 Å². The number of aromatic nitrogens is 1. The van der Waals surface area contributed by atoms with Gasteiger partial charge in [0, 0.05) is 9.77 Å². The van der Waals surface area contributed by atoms with Crippen LogP contribution in [-0.2, 0) is 0 Å². The van der Waals surface area contributed by atoms with E-state index in [0.717, 1.165) is 16.4 Å². The molecule has 0 bridgehead atoms. The Morgan fingerprint density at radius 2 is 2.00 bits per heavy atom. The zero-order valence-corrected chi connectivity index (χ0v) is 12.2. The summed E-state index contributed by atoms with van der Waals surface area (Å²) in [6.07, 6.45) is 3.87. The summed E-state index contributed by atoms with van der Waals surface area (Å²) in [6.45, 7) is 4.06. The highest BCUT2D eigenvalue weighted by Crippen LogP contribution is 2.20. The Morgan fingerprint density at radius 1 is 1.28 bits per heavy atom. The highest BCUT2D eigenvalue weighted by molar-refractivity contribution is 7.98. The maximum absolute atomic E-state index is 4.36. The minimum Gasteiger partial charge on any atom is -0.253 e. The molecule has 2 aromatic rings. The molecule has 0 spiro atoms. The lowest BCUT2D eigenvalue weighted by Crippen LogP contribution is -1.89. The van der Waals surface area contributed by atoms with E-state index in [9.17, 15) is 0 Å². The van der Waals surface area contributed by atoms with E-state index in [1.807, 2.05) is 6.92 Å². The Balaban J connectivity index is 1.98. The van der Waals surface area contributed by atoms with Gasteiger partial charge in [-0.1, -0.05) is 12.1 Å². The number of nitrogens with one attached hydrogen (secondary N) is 1. The van der Waals surface area contributed by atoms with E-state index in [1.54, 1.807) is 29.3 Å². The summed E-state index contributed by atoms with van der Waals surface area (Å²) in [6, 6.07) is 8.28. The van der Waals surface area contributed by atoms with E-state index in [-0.39, 0.29) is 0 Å². The first-order chi connectivity index (χ1) is 8.69. The fourth-order valence-electron chi connectivity index (χ4n) is 1.37. The molecule has 0 unspecified atom stereocenters. The second-order valence-electron chi connectivity index (χ2n) is 3.80. The third-order valence-corrected chi connectivity index (χ3v) is 4.24. The first-order valence-corrected chi connectivity index (χ1v) is 7.60. The minimum absolute atomic E-state index is 0.835. The standard InChI is InChI=1S/C13H15N3S2/c1-9-10(2)18-13(15-9)16-14-8-11-4-6-12(17-3)7-5-11/h4-8H,1-3H3,(H,15,16)/b14-8-. The van der Waals surface area contributed by atoms with Crippen LogP contribution in [0.25, 0.3) is 0 Å². The SMILES string of the molecule is CSc1ccc(/C=N\Nc2nc(C)c(C)s2)cc1. The predicted octanol–water partition coefficient (Wildman–Crippen LogP) is 3.93. The van der Waals surface area contributed by atoms with Crippen molar-refractivity contribution in [1.82, 2.24) is 4.98 Å². The van der Waals surface area contributed by atoms with Crippen LogP contribution < -0.4 is 5.43 Å². The van der Waals surface area contributed by atoms with Gasteiger partial charge in [-0.3, -0.25) is 5.43 Å². The highest BCUT2D eigenvalue weighted by Gasteiger charge is 2.00. The Bertz CT molecular complexity index is 524. The summed E-state index contributed by atoms with van der Waals surface area (Å²) >= 11 is 3.35. The first kappa shape index (κ1) is 13.1. The molecule has 0 radical (unpaired) electrons. The predicted molar refractivity (Wildman–Crippen MR) is 81.0 cm³/mol. The van der Waals surface area contributed by atoms with Crippen molar-refractivity contribution < 1.29 is 0 Å². The van der Waals surface area contributed by atoms with Crippen LogP contribution in [0.15, 0.2) is 34.3 Å². The van der Waals surface area contributed by atoms with Crippen molar-refractivity contribution in [2.45, 2.75) is 18.7 Å². The monoisotopic (exact) mass is 277 g/mol. The number of rotatable bonds is 4. The summed E-state index contributed by atoms with van der Waals surface area (Å²) < 4.78 is 0. The summed E-state index contributed by atoms with van der Waals surface area (Å²) in [5, 5.41) is 5.02. The van der Waals surface area contributed by atoms with Gasteiger partial charge in [-0.2, -0.15) is 5.10 Å². The molecule has 0 fully saturated rings. The molecule has 0 aliphatic rings. The molecule has 1 N–H and O–H groups in total. The smallest absolute Gasteiger partial charge is 0.203 e. The maximum atomic E-state index is 4.36. The number of hydrogen-bond donors (Lipinski definition) is 1. The molecule has 0 aliphatic carbocycles. The molecule has 18 heavy (non-hydrogen) atoms. The average molecular weight is 277 g/mol. The maximum Gasteiger partial charge on any atom is 0.203 e. The number of aryl methyl sites for hydroxylation is 2. The lowest BCUT2D eigenvalue weighted by Gasteiger charge is -1.97. The van der Waals surface area contributed by atoms with Crippen LogP contribution in [0.2, 0.25) is 0 Å². The molecule has 94 valence electrons. The molecular formula is C13H15N3S2. The van der Waals surface area contributed by atoms with Crippen LogP contribution in [0, 0.1) is 13.8 Å². The normalized spacial score (nSPS) is 11.1. The van der Waals surface area contributed by atoms with Gasteiger partial charge in [0.05, 0.1) is 11.9 Å². The molecule has 0 atom stereocenters. The van der Waals surface area contributed by atoms with E-state index in [0.29, 0.717) is 0 Å². The number of benzene rings is 1. The van der Waals surface area contributed by atoms with Gasteiger partial charge in [-0.15, -0.1) is 23.1 Å². The van der Waals surface area contributed by atoms with Crippen LogP contribution in [0.5, 0.6) is 0 Å². The molecule has 0 saturated heterocycles. The van der Waals surface area contributed by atoms with Gasteiger partial charge in [0.15, 0.2) is 0 Å². The zero-order valence-electron chi connectivity index (χ0n) is 10.6. The summed E-state index contributed by atoms with van der Waals surface area (Å²) in [5.41, 5.74) is 5.09. The van der Waals surface area contributed by atoms with E-state index in [1.165, 1.54) is 9.77 Å². The summed E-state index contributed by atoms with van der Waals surface area (Å²) in [4.78, 5) is 6.83. The van der Waals surface area contributed by atoms with Gasteiger partial charge in [0.2, 0.25) is 5.13 Å². The van der Waals surface area contributed by atoms with E-state index in [4.69, 9.17) is 0 Å². The summed E-state index contributed by atoms with van der Waals surface area (Å²) in [5.74, 6) is 0. The number of thioether (sulfide) groups is 1. The van der Waals surface area contributed by atoms with Crippen molar-refractivity contribution in [2.75, 3.05) is 11.7 Å². The molecule has 1 aromatic heterocycles. The van der Waals surface area contributed by atoms with Crippen LogP contribution >= 0.6 is 23.1 Å². The van der Waals surface area contributed by atoms with Crippen molar-refractivity contribution in [3.8, 4) is 0 Å². The van der Waals surface area contributed by atoms with Crippen molar-refractivity contribution in [3.63, 3.8) is 0 Å². The fraction of sp³-hybridized carbons (Fsp3) is 0.231. The largest absolute Gasteiger partial charge is 0.253 e. The van der Waals surface area contributed by atoms with Crippen molar-refractivity contribution in [1.29, 1.82) is 0 Å². The molecule has 0 aliphatic heterocycles. The number of thiazole rings is 1. The van der Waals surface area contributed by atoms with Gasteiger partial charge in [0.25, 0.3) is 0 Å². The Hall–Kier alpha value is -1.33. The minimum atomic E-state index is 0.835. The lowest BCUT2D eigenvalue weighted by molar-refractivity contribution is 1.20. The van der Waals surface area contributed by atoms with Crippen LogP contribution in [0.3, 0.4) is 0 Å². The third kappa shape index (κ3) is 3.34. The number of hydrazone groups is 1. The van der Waals surface area contributed by atoms with Crippen molar-refractivity contribution >= 4 is 34.4 Å². The van der Waals surface area contributed by atoms with Crippen molar-refractivity contribution in [3.05, 3.63) is 40.4 Å². The molecule has 3 nitrogen and oxygen atoms in total. The molecule has 0 amide bonds. The number of hydrogen-bond acceptors (Lipinski definition) is 5. The molecule has 2 rings (SSSR count). The van der Waals surface area contributed by atoms with E-state index in [2.05, 4.69) is 53.0 Å². The fourth-order valence-corrected chi connectivity index (χ4v) is 2.55. The van der Waals surface area contributed by atoms with E-state index >= 15 is 0 Å². The highest BCUT2D eigenvalue weighted by atomic mass is 32.2.